The minimum atomic E-state index is -4.83. The van der Waals surface area contributed by atoms with Gasteiger partial charge in [-0.25, -0.2) is 14.1 Å². The maximum atomic E-state index is 13.3. The SMILES string of the molecule is CCc1sc(N)nc1/C(=N/OC(COc1ccc(C(N)=N[C@@H]2CCCNC2)cc1)C(=O)O)C(=O)N[C@@H]1C(=O)N(S(=O)(=O)O)[C@H]1C. The molecule has 2 aliphatic rings. The van der Waals surface area contributed by atoms with Crippen LogP contribution in [-0.4, -0.2) is 101 Å². The average molecular weight is 667 g/mol. The van der Waals surface area contributed by atoms with Crippen LogP contribution in [0.25, 0.3) is 0 Å². The summed E-state index contributed by atoms with van der Waals surface area (Å²) in [6.07, 6.45) is 0.653. The summed E-state index contributed by atoms with van der Waals surface area (Å²) < 4.78 is 37.9. The van der Waals surface area contributed by atoms with Gasteiger partial charge in [0.25, 0.3) is 17.9 Å². The second-order valence-electron chi connectivity index (χ2n) is 10.2. The number of aromatic nitrogens is 1. The molecule has 8 N–H and O–H groups in total. The Balaban J connectivity index is 1.47. The van der Waals surface area contributed by atoms with E-state index in [9.17, 15) is 32.5 Å². The third-order valence-corrected chi connectivity index (χ3v) is 9.07. The van der Waals surface area contributed by atoms with Crippen LogP contribution in [-0.2, 0) is 35.9 Å². The van der Waals surface area contributed by atoms with E-state index >= 15 is 0 Å². The first-order valence-corrected chi connectivity index (χ1v) is 16.1. The standard InChI is InChI=1S/C26H34N8O9S2/c1-3-18-20(32-26(28)44-18)21(23(35)31-19-13(2)34(24(19)36)45(39,40)41)33-43-17(25(37)38)12-42-16-8-6-14(7-9-16)22(27)30-15-5-4-10-29-11-15/h6-9,13,15,17,19,29H,3-5,10-12H2,1-2H3,(H2,27,30)(H2,28,32)(H,31,35)(H,37,38)(H,39,40,41)/b33-21-/t13-,15+,17?,19-/m0/s1. The van der Waals surface area contributed by atoms with Crippen molar-refractivity contribution >= 4 is 56.1 Å². The van der Waals surface area contributed by atoms with Gasteiger partial charge in [0, 0.05) is 17.0 Å². The van der Waals surface area contributed by atoms with E-state index in [4.69, 9.17) is 21.0 Å². The summed E-state index contributed by atoms with van der Waals surface area (Å²) in [5, 5.41) is 19.2. The topological polar surface area (TPSA) is 261 Å². The summed E-state index contributed by atoms with van der Waals surface area (Å²) in [7, 11) is -4.83. The molecule has 0 aliphatic carbocycles. The summed E-state index contributed by atoms with van der Waals surface area (Å²) in [6, 6.07) is 4.22. The molecule has 17 nitrogen and oxygen atoms in total. The molecule has 0 spiro atoms. The van der Waals surface area contributed by atoms with E-state index in [1.54, 1.807) is 31.2 Å². The highest BCUT2D eigenvalue weighted by Gasteiger charge is 2.51. The number of piperidine rings is 1. The van der Waals surface area contributed by atoms with Crippen molar-refractivity contribution in [3.63, 3.8) is 0 Å². The molecular formula is C26H34N8O9S2. The Hall–Kier alpha value is -4.33. The van der Waals surface area contributed by atoms with Gasteiger partial charge in [-0.1, -0.05) is 12.1 Å². The zero-order valence-corrected chi connectivity index (χ0v) is 26.0. The van der Waals surface area contributed by atoms with E-state index in [0.29, 0.717) is 28.4 Å². The van der Waals surface area contributed by atoms with Crippen molar-refractivity contribution in [2.24, 2.45) is 15.9 Å². The number of nitrogens with two attached hydrogens (primary N) is 2. The Morgan fingerprint density at radius 2 is 2.02 bits per heavy atom. The quantitative estimate of drug-likeness (QED) is 0.0519. The van der Waals surface area contributed by atoms with Crippen molar-refractivity contribution in [1.82, 2.24) is 19.9 Å². The van der Waals surface area contributed by atoms with Crippen molar-refractivity contribution in [3.8, 4) is 5.75 Å². The van der Waals surface area contributed by atoms with Crippen LogP contribution in [0, 0.1) is 0 Å². The fourth-order valence-corrected chi connectivity index (χ4v) is 6.33. The molecule has 0 bridgehead atoms. The number of hydrogen-bond acceptors (Lipinski definition) is 13. The molecule has 1 aromatic heterocycles. The molecule has 3 heterocycles. The number of carboxylic acids is 1. The van der Waals surface area contributed by atoms with Gasteiger partial charge in [-0.3, -0.25) is 19.1 Å². The van der Waals surface area contributed by atoms with Crippen molar-refractivity contribution in [3.05, 3.63) is 40.4 Å². The van der Waals surface area contributed by atoms with Gasteiger partial charge in [0.05, 0.1) is 12.1 Å². The maximum Gasteiger partial charge on any atom is 0.362 e. The number of carbonyl (C=O) groups excluding carboxylic acids is 2. The van der Waals surface area contributed by atoms with Gasteiger partial charge >= 0.3 is 16.3 Å². The highest BCUT2D eigenvalue weighted by atomic mass is 32.2. The minimum Gasteiger partial charge on any atom is -0.489 e. The van der Waals surface area contributed by atoms with E-state index in [1.165, 1.54) is 6.92 Å². The lowest BCUT2D eigenvalue weighted by Crippen LogP contribution is -2.71. The number of nitrogen functional groups attached to an aromatic ring is 1. The van der Waals surface area contributed by atoms with Crippen molar-refractivity contribution < 1.29 is 42.0 Å². The lowest BCUT2D eigenvalue weighted by molar-refractivity contribution is -0.152. The van der Waals surface area contributed by atoms with Gasteiger partial charge in [0.2, 0.25) is 0 Å². The summed E-state index contributed by atoms with van der Waals surface area (Å²) in [4.78, 5) is 52.0. The highest BCUT2D eigenvalue weighted by Crippen LogP contribution is 2.25. The van der Waals surface area contributed by atoms with Gasteiger partial charge in [-0.05, 0) is 57.0 Å². The molecule has 1 unspecified atom stereocenters. The number of hydrogen-bond donors (Lipinski definition) is 6. The molecule has 1 aromatic carbocycles. The smallest absolute Gasteiger partial charge is 0.362 e. The number of benzene rings is 1. The lowest BCUT2D eigenvalue weighted by Gasteiger charge is -2.42. The lowest BCUT2D eigenvalue weighted by atomic mass is 10.0. The molecule has 2 aromatic rings. The van der Waals surface area contributed by atoms with Gasteiger partial charge in [0.15, 0.2) is 10.8 Å². The predicted molar refractivity (Wildman–Crippen MR) is 163 cm³/mol. The summed E-state index contributed by atoms with van der Waals surface area (Å²) in [5.41, 5.74) is 12.1. The Labute approximate surface area is 262 Å². The van der Waals surface area contributed by atoms with Crippen LogP contribution in [0.3, 0.4) is 0 Å². The van der Waals surface area contributed by atoms with E-state index < -0.39 is 58.6 Å². The highest BCUT2D eigenvalue weighted by molar-refractivity contribution is 7.84. The van der Waals surface area contributed by atoms with Gasteiger partial charge in [-0.15, -0.1) is 11.3 Å². The van der Waals surface area contributed by atoms with E-state index in [1.807, 2.05) is 0 Å². The molecule has 244 valence electrons. The molecule has 2 amide bonds. The number of amidine groups is 1. The number of nitrogens with zero attached hydrogens (tertiary/aromatic N) is 4. The molecule has 0 radical (unpaired) electrons. The molecule has 2 aliphatic heterocycles. The first-order chi connectivity index (χ1) is 21.3. The number of β-lactam (4-membered cyclic amide) rings is 1. The van der Waals surface area contributed by atoms with Crippen LogP contribution in [0.1, 0.15) is 42.8 Å². The second kappa shape index (κ2) is 14.2. The number of aliphatic imine (C=N–C) groups is 1. The summed E-state index contributed by atoms with van der Waals surface area (Å²) in [6.45, 7) is 4.26. The van der Waals surface area contributed by atoms with Crippen LogP contribution in [0.15, 0.2) is 34.4 Å². The Morgan fingerprint density at radius 3 is 2.60 bits per heavy atom. The Kier molecular flexibility index (Phi) is 10.6. The molecule has 4 atom stereocenters. The summed E-state index contributed by atoms with van der Waals surface area (Å²) in [5.74, 6) is -2.86. The normalized spacial score (nSPS) is 21.5. The number of oxime groups is 1. The minimum absolute atomic E-state index is 0.00697. The van der Waals surface area contributed by atoms with Crippen LogP contribution in [0.5, 0.6) is 5.75 Å². The van der Waals surface area contributed by atoms with Gasteiger partial charge in [0.1, 0.15) is 29.9 Å². The third kappa shape index (κ3) is 8.04. The van der Waals surface area contributed by atoms with E-state index in [2.05, 4.69) is 25.8 Å². The number of carboxylic acid groups (broad SMARTS) is 1. The fraction of sp³-hybridized carbons (Fsp3) is 0.462. The number of nitrogens with one attached hydrogen (secondary N) is 2. The van der Waals surface area contributed by atoms with Gasteiger partial charge < -0.3 is 36.8 Å². The zero-order valence-electron chi connectivity index (χ0n) is 24.4. The summed E-state index contributed by atoms with van der Waals surface area (Å²) >= 11 is 1.07. The number of aliphatic carboxylic acids is 1. The molecule has 4 rings (SSSR count). The number of amides is 2. The number of aryl methyl sites for hydroxylation is 1. The zero-order chi connectivity index (χ0) is 32.9. The van der Waals surface area contributed by atoms with Crippen molar-refractivity contribution in [2.45, 2.75) is 57.3 Å². The number of ether oxygens (including phenoxy) is 1. The second-order valence-corrected chi connectivity index (χ2v) is 12.6. The van der Waals surface area contributed by atoms with Crippen LogP contribution in [0.4, 0.5) is 5.13 Å². The largest absolute Gasteiger partial charge is 0.489 e. The monoisotopic (exact) mass is 666 g/mol. The number of rotatable bonds is 13. The first-order valence-electron chi connectivity index (χ1n) is 13.9. The van der Waals surface area contributed by atoms with Crippen molar-refractivity contribution in [2.75, 3.05) is 25.4 Å². The van der Waals surface area contributed by atoms with Gasteiger partial charge in [-0.2, -0.15) is 8.42 Å². The maximum absolute atomic E-state index is 13.3. The first kappa shape index (κ1) is 33.6. The molecule has 2 saturated heterocycles. The van der Waals surface area contributed by atoms with Crippen molar-refractivity contribution in [1.29, 1.82) is 0 Å². The molecule has 0 saturated carbocycles. The van der Waals surface area contributed by atoms with Crippen LogP contribution >= 0.6 is 11.3 Å². The Bertz CT molecular complexity index is 1590. The fourth-order valence-electron chi connectivity index (χ4n) is 4.67. The Morgan fingerprint density at radius 1 is 1.31 bits per heavy atom. The number of carbonyl (C=O) groups is 3. The predicted octanol–water partition coefficient (Wildman–Crippen LogP) is -0.484. The molecule has 19 heteroatoms. The number of anilines is 1. The molecule has 45 heavy (non-hydrogen) atoms. The average Bonchev–Trinajstić information content (AvgIpc) is 3.37. The van der Waals surface area contributed by atoms with E-state index in [0.717, 1.165) is 37.3 Å². The number of thiazole rings is 1. The molecule has 2 fully saturated rings. The molecular weight excluding hydrogens is 632 g/mol. The van der Waals surface area contributed by atoms with E-state index in [-0.39, 0.29) is 21.2 Å². The van der Waals surface area contributed by atoms with Crippen LogP contribution in [0.2, 0.25) is 0 Å². The van der Waals surface area contributed by atoms with Crippen LogP contribution < -0.4 is 26.8 Å². The third-order valence-electron chi connectivity index (χ3n) is 7.04.